The summed E-state index contributed by atoms with van der Waals surface area (Å²) in [6, 6.07) is 8.73. The summed E-state index contributed by atoms with van der Waals surface area (Å²) in [7, 11) is 0. The number of hydrogen-bond acceptors (Lipinski definition) is 3. The molecule has 1 atom stereocenters. The van der Waals surface area contributed by atoms with Crippen LogP contribution < -0.4 is 5.73 Å². The number of ketones is 1. The minimum atomic E-state index is -0.620. The summed E-state index contributed by atoms with van der Waals surface area (Å²) in [6.45, 7) is 2.71. The van der Waals surface area contributed by atoms with Gasteiger partial charge in [0.2, 0.25) is 0 Å². The maximum atomic E-state index is 12.1. The van der Waals surface area contributed by atoms with E-state index in [1.54, 1.807) is 17.1 Å². The molecule has 0 aliphatic heterocycles. The Bertz CT molecular complexity index is 504. The largest absolute Gasteiger partial charge is 0.318 e. The van der Waals surface area contributed by atoms with Crippen LogP contribution in [0.4, 0.5) is 0 Å². The third-order valence-corrected chi connectivity index (χ3v) is 2.68. The van der Waals surface area contributed by atoms with E-state index in [2.05, 4.69) is 5.10 Å². The fourth-order valence-corrected chi connectivity index (χ4v) is 1.66. The van der Waals surface area contributed by atoms with Crippen LogP contribution in [0.1, 0.15) is 28.9 Å². The Balaban J connectivity index is 2.20. The van der Waals surface area contributed by atoms with E-state index in [9.17, 15) is 4.79 Å². The third-order valence-electron chi connectivity index (χ3n) is 2.68. The molecule has 17 heavy (non-hydrogen) atoms. The van der Waals surface area contributed by atoms with Crippen LogP contribution in [0.5, 0.6) is 0 Å². The monoisotopic (exact) mass is 229 g/mol. The second-order valence-corrected chi connectivity index (χ2v) is 3.84. The van der Waals surface area contributed by atoms with Crippen LogP contribution in [0.3, 0.4) is 0 Å². The van der Waals surface area contributed by atoms with Crippen molar-refractivity contribution in [2.75, 3.05) is 0 Å². The molecule has 0 saturated carbocycles. The zero-order valence-corrected chi connectivity index (χ0v) is 9.71. The maximum absolute atomic E-state index is 12.1. The second-order valence-electron chi connectivity index (χ2n) is 3.84. The third kappa shape index (κ3) is 2.42. The van der Waals surface area contributed by atoms with Crippen LogP contribution in [0.25, 0.3) is 0 Å². The van der Waals surface area contributed by atoms with Gasteiger partial charge in [-0.25, -0.2) is 0 Å². The zero-order valence-electron chi connectivity index (χ0n) is 9.71. The zero-order chi connectivity index (χ0) is 12.3. The molecule has 2 aromatic rings. The predicted molar refractivity (Wildman–Crippen MR) is 65.6 cm³/mol. The maximum Gasteiger partial charge on any atom is 0.187 e. The van der Waals surface area contributed by atoms with Gasteiger partial charge in [-0.2, -0.15) is 5.10 Å². The Hall–Kier alpha value is -1.94. The molecule has 0 bridgehead atoms. The van der Waals surface area contributed by atoms with Gasteiger partial charge in [-0.1, -0.05) is 30.3 Å². The van der Waals surface area contributed by atoms with Gasteiger partial charge in [0.15, 0.2) is 5.78 Å². The average Bonchev–Trinajstić information content (AvgIpc) is 2.87. The van der Waals surface area contributed by atoms with Gasteiger partial charge >= 0.3 is 0 Å². The molecule has 4 nitrogen and oxygen atoms in total. The Morgan fingerprint density at radius 3 is 2.71 bits per heavy atom. The van der Waals surface area contributed by atoms with Crippen LogP contribution in [-0.2, 0) is 6.54 Å². The lowest BCUT2D eigenvalue weighted by molar-refractivity contribution is 0.0961. The lowest BCUT2D eigenvalue weighted by Crippen LogP contribution is -2.21. The molecule has 0 radical (unpaired) electrons. The first-order chi connectivity index (χ1) is 8.22. The molecule has 0 spiro atoms. The van der Waals surface area contributed by atoms with E-state index in [-0.39, 0.29) is 5.78 Å². The Morgan fingerprint density at radius 1 is 1.41 bits per heavy atom. The molecule has 0 fully saturated rings. The highest BCUT2D eigenvalue weighted by molar-refractivity contribution is 6.00. The van der Waals surface area contributed by atoms with Crippen molar-refractivity contribution < 1.29 is 4.79 Å². The molecule has 0 saturated heterocycles. The molecule has 1 unspecified atom stereocenters. The van der Waals surface area contributed by atoms with Gasteiger partial charge in [0, 0.05) is 12.7 Å². The molecular weight excluding hydrogens is 214 g/mol. The fourth-order valence-electron chi connectivity index (χ4n) is 1.66. The number of rotatable bonds is 4. The van der Waals surface area contributed by atoms with Crippen LogP contribution >= 0.6 is 0 Å². The molecule has 1 aromatic carbocycles. The first kappa shape index (κ1) is 11.5. The number of carbonyl (C=O) groups is 1. The van der Waals surface area contributed by atoms with Gasteiger partial charge in [-0.3, -0.25) is 9.48 Å². The van der Waals surface area contributed by atoms with Crippen LogP contribution in [0.2, 0.25) is 0 Å². The van der Waals surface area contributed by atoms with Gasteiger partial charge in [0.1, 0.15) is 0 Å². The van der Waals surface area contributed by atoms with E-state index in [1.165, 1.54) is 0 Å². The van der Waals surface area contributed by atoms with E-state index in [0.717, 1.165) is 12.1 Å². The minimum absolute atomic E-state index is 0.101. The Labute approximate surface area is 100 Å². The van der Waals surface area contributed by atoms with Gasteiger partial charge in [0.25, 0.3) is 0 Å². The topological polar surface area (TPSA) is 60.9 Å². The molecule has 1 aromatic heterocycles. The van der Waals surface area contributed by atoms with Gasteiger partial charge in [-0.15, -0.1) is 0 Å². The highest BCUT2D eigenvalue weighted by atomic mass is 16.1. The van der Waals surface area contributed by atoms with E-state index in [0.29, 0.717) is 5.56 Å². The number of Topliss-reactive ketones (excluding diaryl/α,β-unsaturated/α-hetero) is 1. The number of carbonyl (C=O) groups excluding carboxylic acids is 1. The number of aromatic nitrogens is 2. The molecule has 0 amide bonds. The predicted octanol–water partition coefficient (Wildman–Crippen LogP) is 1.79. The standard InChI is InChI=1S/C13H15N3O/c1-2-16-9-11(8-15-16)13(17)12(14)10-6-4-3-5-7-10/h3-9,12H,2,14H2,1H3. The smallest absolute Gasteiger partial charge is 0.187 e. The van der Waals surface area contributed by atoms with Crippen LogP contribution in [0, 0.1) is 0 Å². The summed E-state index contributed by atoms with van der Waals surface area (Å²) in [5, 5.41) is 4.07. The van der Waals surface area contributed by atoms with Crippen LogP contribution in [0.15, 0.2) is 42.7 Å². The van der Waals surface area contributed by atoms with Gasteiger partial charge < -0.3 is 5.73 Å². The quantitative estimate of drug-likeness (QED) is 0.813. The fraction of sp³-hybridized carbons (Fsp3) is 0.231. The average molecular weight is 229 g/mol. The lowest BCUT2D eigenvalue weighted by Gasteiger charge is -2.08. The molecule has 0 aliphatic carbocycles. The summed E-state index contributed by atoms with van der Waals surface area (Å²) >= 11 is 0. The first-order valence-corrected chi connectivity index (χ1v) is 5.59. The SMILES string of the molecule is CCn1cc(C(=O)C(N)c2ccccc2)cn1. The summed E-state index contributed by atoms with van der Waals surface area (Å²) in [5.41, 5.74) is 7.31. The lowest BCUT2D eigenvalue weighted by atomic mass is 10.0. The number of nitrogens with zero attached hydrogens (tertiary/aromatic N) is 2. The molecular formula is C13H15N3O. The Morgan fingerprint density at radius 2 is 2.12 bits per heavy atom. The number of aryl methyl sites for hydroxylation is 1. The highest BCUT2D eigenvalue weighted by Gasteiger charge is 2.18. The van der Waals surface area contributed by atoms with Crippen molar-refractivity contribution in [1.82, 2.24) is 9.78 Å². The molecule has 88 valence electrons. The van der Waals surface area contributed by atoms with Crippen molar-refractivity contribution >= 4 is 5.78 Å². The molecule has 2 rings (SSSR count). The molecule has 2 N–H and O–H groups in total. The van der Waals surface area contributed by atoms with Gasteiger partial charge in [-0.05, 0) is 12.5 Å². The first-order valence-electron chi connectivity index (χ1n) is 5.59. The number of benzene rings is 1. The second kappa shape index (κ2) is 4.93. The molecule has 1 heterocycles. The van der Waals surface area contributed by atoms with Crippen molar-refractivity contribution in [3.63, 3.8) is 0 Å². The summed E-state index contributed by atoms with van der Waals surface area (Å²) in [5.74, 6) is -0.101. The van der Waals surface area contributed by atoms with Gasteiger partial charge in [0.05, 0.1) is 17.8 Å². The summed E-state index contributed by atoms with van der Waals surface area (Å²) in [6.07, 6.45) is 3.29. The molecule has 4 heteroatoms. The van der Waals surface area contributed by atoms with Crippen molar-refractivity contribution in [2.24, 2.45) is 5.73 Å². The number of hydrogen-bond donors (Lipinski definition) is 1. The highest BCUT2D eigenvalue weighted by Crippen LogP contribution is 2.15. The van der Waals surface area contributed by atoms with Crippen molar-refractivity contribution in [3.8, 4) is 0 Å². The minimum Gasteiger partial charge on any atom is -0.318 e. The van der Waals surface area contributed by atoms with Crippen molar-refractivity contribution in [1.29, 1.82) is 0 Å². The Kier molecular flexibility index (Phi) is 3.35. The van der Waals surface area contributed by atoms with E-state index >= 15 is 0 Å². The van der Waals surface area contributed by atoms with Crippen LogP contribution in [-0.4, -0.2) is 15.6 Å². The van der Waals surface area contributed by atoms with E-state index < -0.39 is 6.04 Å². The normalized spacial score (nSPS) is 12.4. The van der Waals surface area contributed by atoms with Crippen molar-refractivity contribution in [3.05, 3.63) is 53.9 Å². The number of nitrogens with two attached hydrogens (primary N) is 1. The summed E-state index contributed by atoms with van der Waals surface area (Å²) in [4.78, 5) is 12.1. The summed E-state index contributed by atoms with van der Waals surface area (Å²) < 4.78 is 1.71. The van der Waals surface area contributed by atoms with Crippen molar-refractivity contribution in [2.45, 2.75) is 19.5 Å². The van der Waals surface area contributed by atoms with E-state index in [1.807, 2.05) is 37.3 Å². The molecule has 0 aliphatic rings. The van der Waals surface area contributed by atoms with E-state index in [4.69, 9.17) is 5.73 Å².